The van der Waals surface area contributed by atoms with Crippen LogP contribution in [0.2, 0.25) is 0 Å². The number of nitrogens with zero attached hydrogens (tertiary/aromatic N) is 1. The predicted molar refractivity (Wildman–Crippen MR) is 136 cm³/mol. The van der Waals surface area contributed by atoms with Crippen molar-refractivity contribution in [1.29, 1.82) is 0 Å². The molecule has 1 atom stereocenters. The molecule has 0 radical (unpaired) electrons. The second-order valence-corrected chi connectivity index (χ2v) is 8.92. The van der Waals surface area contributed by atoms with Gasteiger partial charge in [-0.3, -0.25) is 9.59 Å². The molecule has 1 saturated heterocycles. The van der Waals surface area contributed by atoms with Crippen LogP contribution in [0.1, 0.15) is 28.5 Å². The van der Waals surface area contributed by atoms with Gasteiger partial charge in [0.05, 0.1) is 24.4 Å². The highest BCUT2D eigenvalue weighted by molar-refractivity contribution is 6.46. The number of aliphatic hydroxyl groups excluding tert-OH is 1. The van der Waals surface area contributed by atoms with Gasteiger partial charge in [-0.15, -0.1) is 0 Å². The minimum atomic E-state index is -0.870. The molecule has 0 aliphatic carbocycles. The zero-order valence-corrected chi connectivity index (χ0v) is 20.2. The summed E-state index contributed by atoms with van der Waals surface area (Å²) in [5.41, 5.74) is 1.93. The maximum absolute atomic E-state index is 13.3. The molecule has 8 nitrogen and oxygen atoms in total. The van der Waals surface area contributed by atoms with Gasteiger partial charge in [-0.05, 0) is 53.6 Å². The van der Waals surface area contributed by atoms with E-state index in [2.05, 4.69) is 0 Å². The molecule has 8 heteroatoms. The summed E-state index contributed by atoms with van der Waals surface area (Å²) in [7, 11) is 0. The molecular formula is C30H23NO7. The number of likely N-dealkylation sites (tertiary alicyclic amines) is 1. The van der Waals surface area contributed by atoms with Crippen molar-refractivity contribution < 1.29 is 33.3 Å². The van der Waals surface area contributed by atoms with E-state index in [0.717, 1.165) is 5.56 Å². The summed E-state index contributed by atoms with van der Waals surface area (Å²) in [6, 6.07) is 24.4. The van der Waals surface area contributed by atoms with Crippen LogP contribution in [0.3, 0.4) is 0 Å². The van der Waals surface area contributed by atoms with Crippen molar-refractivity contribution in [2.75, 3.05) is 6.79 Å². The highest BCUT2D eigenvalue weighted by Crippen LogP contribution is 2.42. The van der Waals surface area contributed by atoms with Crippen LogP contribution in [0.15, 0.2) is 101 Å². The van der Waals surface area contributed by atoms with Crippen molar-refractivity contribution in [1.82, 2.24) is 4.90 Å². The number of aliphatic hydroxyl groups is 1. The van der Waals surface area contributed by atoms with E-state index in [1.807, 2.05) is 36.4 Å². The summed E-state index contributed by atoms with van der Waals surface area (Å²) in [6.07, 6.45) is 1.51. The van der Waals surface area contributed by atoms with E-state index in [-0.39, 0.29) is 24.7 Å². The molecule has 3 heterocycles. The number of Topliss-reactive ketones (excluding diaryl/α,β-unsaturated/α-hetero) is 1. The molecule has 1 unspecified atom stereocenters. The Morgan fingerprint density at radius 3 is 2.58 bits per heavy atom. The fraction of sp³-hybridized carbons (Fsp3) is 0.133. The van der Waals surface area contributed by atoms with Crippen LogP contribution in [-0.4, -0.2) is 28.5 Å². The first kappa shape index (κ1) is 23.4. The summed E-state index contributed by atoms with van der Waals surface area (Å²) >= 11 is 0. The topological polar surface area (TPSA) is 98.4 Å². The highest BCUT2D eigenvalue weighted by atomic mass is 16.7. The maximum atomic E-state index is 13.3. The Labute approximate surface area is 218 Å². The summed E-state index contributed by atoms with van der Waals surface area (Å²) in [6.45, 7) is 0.478. The normalized spacial score (nSPS) is 17.7. The number of ether oxygens (including phenoxy) is 3. The maximum Gasteiger partial charge on any atom is 0.296 e. The first-order valence-electron chi connectivity index (χ1n) is 12.1. The summed E-state index contributed by atoms with van der Waals surface area (Å²) in [5.74, 6) is 0.252. The van der Waals surface area contributed by atoms with Gasteiger partial charge in [0.1, 0.15) is 23.9 Å². The predicted octanol–water partition coefficient (Wildman–Crippen LogP) is 5.21. The number of hydrogen-bond acceptors (Lipinski definition) is 7. The highest BCUT2D eigenvalue weighted by Gasteiger charge is 2.46. The molecule has 6 rings (SSSR count). The summed E-state index contributed by atoms with van der Waals surface area (Å²) < 4.78 is 22.3. The van der Waals surface area contributed by atoms with E-state index < -0.39 is 17.7 Å². The molecule has 2 aliphatic rings. The summed E-state index contributed by atoms with van der Waals surface area (Å²) in [4.78, 5) is 28.0. The van der Waals surface area contributed by atoms with Crippen molar-refractivity contribution in [2.24, 2.45) is 0 Å². The van der Waals surface area contributed by atoms with E-state index in [0.29, 0.717) is 40.7 Å². The van der Waals surface area contributed by atoms with Crippen LogP contribution < -0.4 is 14.2 Å². The molecule has 38 heavy (non-hydrogen) atoms. The molecule has 1 amide bonds. The number of benzene rings is 3. The van der Waals surface area contributed by atoms with E-state index >= 15 is 0 Å². The molecule has 0 bridgehead atoms. The molecule has 1 N–H and O–H groups in total. The van der Waals surface area contributed by atoms with Gasteiger partial charge < -0.3 is 28.6 Å². The number of ketones is 1. The van der Waals surface area contributed by atoms with Crippen LogP contribution in [0.4, 0.5) is 0 Å². The second kappa shape index (κ2) is 9.82. The Kier molecular flexibility index (Phi) is 6.05. The van der Waals surface area contributed by atoms with E-state index in [9.17, 15) is 14.7 Å². The van der Waals surface area contributed by atoms with Crippen molar-refractivity contribution in [3.8, 4) is 17.2 Å². The Morgan fingerprint density at radius 2 is 1.76 bits per heavy atom. The SMILES string of the molecule is O=C1C(=O)N(Cc2ccco2)C(c2cccc(OCc3ccccc3)c2)/C1=C(/O)c1ccc2c(c1)OCO2. The smallest absolute Gasteiger partial charge is 0.296 e. The molecule has 0 spiro atoms. The molecule has 2 aliphatic heterocycles. The van der Waals surface area contributed by atoms with Crippen LogP contribution >= 0.6 is 0 Å². The average molecular weight is 510 g/mol. The molecule has 190 valence electrons. The lowest BCUT2D eigenvalue weighted by Gasteiger charge is -2.25. The van der Waals surface area contributed by atoms with Gasteiger partial charge in [-0.1, -0.05) is 42.5 Å². The molecule has 0 saturated carbocycles. The van der Waals surface area contributed by atoms with E-state index in [1.165, 1.54) is 11.2 Å². The Hall–Kier alpha value is -4.98. The Morgan fingerprint density at radius 1 is 0.921 bits per heavy atom. The van der Waals surface area contributed by atoms with Gasteiger partial charge in [0.15, 0.2) is 11.5 Å². The number of rotatable bonds is 7. The van der Waals surface area contributed by atoms with Crippen LogP contribution in [0.5, 0.6) is 17.2 Å². The number of furan rings is 1. The summed E-state index contributed by atoms with van der Waals surface area (Å²) in [5, 5.41) is 11.4. The standard InChI is InChI=1S/C30H23NO7/c32-28(21-11-12-24-25(15-21)38-18-37-24)26-27(31(30(34)29(26)33)16-23-10-5-13-35-23)20-8-4-9-22(14-20)36-17-19-6-2-1-3-7-19/h1-15,27,32H,16-18H2/b28-26-. The quantitative estimate of drug-likeness (QED) is 0.207. The molecule has 3 aromatic carbocycles. The van der Waals surface area contributed by atoms with Gasteiger partial charge in [-0.2, -0.15) is 0 Å². The lowest BCUT2D eigenvalue weighted by Crippen LogP contribution is -2.29. The largest absolute Gasteiger partial charge is 0.507 e. The zero-order valence-electron chi connectivity index (χ0n) is 20.2. The van der Waals surface area contributed by atoms with Gasteiger partial charge in [0, 0.05) is 5.56 Å². The Balaban J connectivity index is 1.40. The van der Waals surface area contributed by atoms with Crippen molar-refractivity contribution in [3.05, 3.63) is 119 Å². The van der Waals surface area contributed by atoms with Crippen LogP contribution in [0, 0.1) is 0 Å². The monoisotopic (exact) mass is 509 g/mol. The fourth-order valence-corrected chi connectivity index (χ4v) is 4.67. The minimum absolute atomic E-state index is 0.0272. The second-order valence-electron chi connectivity index (χ2n) is 8.92. The third-order valence-corrected chi connectivity index (χ3v) is 6.51. The van der Waals surface area contributed by atoms with E-state index in [4.69, 9.17) is 18.6 Å². The van der Waals surface area contributed by atoms with Crippen molar-refractivity contribution in [3.63, 3.8) is 0 Å². The third-order valence-electron chi connectivity index (χ3n) is 6.51. The average Bonchev–Trinajstić information content (AvgIpc) is 3.69. The van der Waals surface area contributed by atoms with Gasteiger partial charge in [0.25, 0.3) is 11.7 Å². The number of carbonyl (C=O) groups excluding carboxylic acids is 2. The van der Waals surface area contributed by atoms with Gasteiger partial charge >= 0.3 is 0 Å². The minimum Gasteiger partial charge on any atom is -0.507 e. The first-order chi connectivity index (χ1) is 18.6. The Bertz CT molecular complexity index is 1530. The van der Waals surface area contributed by atoms with Gasteiger partial charge in [-0.25, -0.2) is 0 Å². The zero-order chi connectivity index (χ0) is 26.1. The molecular weight excluding hydrogens is 486 g/mol. The van der Waals surface area contributed by atoms with E-state index in [1.54, 1.807) is 48.5 Å². The number of hydrogen-bond donors (Lipinski definition) is 1. The third kappa shape index (κ3) is 4.37. The molecule has 4 aromatic rings. The lowest BCUT2D eigenvalue weighted by atomic mass is 9.95. The van der Waals surface area contributed by atoms with Crippen molar-refractivity contribution >= 4 is 17.4 Å². The first-order valence-corrected chi connectivity index (χ1v) is 12.1. The van der Waals surface area contributed by atoms with Gasteiger partial charge in [0.2, 0.25) is 6.79 Å². The molecule has 1 aromatic heterocycles. The van der Waals surface area contributed by atoms with Crippen LogP contribution in [-0.2, 0) is 22.7 Å². The number of fused-ring (bicyclic) bond motifs is 1. The number of amides is 1. The van der Waals surface area contributed by atoms with Crippen LogP contribution in [0.25, 0.3) is 5.76 Å². The lowest BCUT2D eigenvalue weighted by molar-refractivity contribution is -0.140. The van der Waals surface area contributed by atoms with Crippen molar-refractivity contribution in [2.45, 2.75) is 19.2 Å². The number of carbonyl (C=O) groups is 2. The molecule has 1 fully saturated rings. The fourth-order valence-electron chi connectivity index (χ4n) is 4.67.